The summed E-state index contributed by atoms with van der Waals surface area (Å²) in [5, 5.41) is 12.2. The molecule has 22 heavy (non-hydrogen) atoms. The number of amides is 1. The van der Waals surface area contributed by atoms with Crippen LogP contribution in [0.2, 0.25) is 5.02 Å². The zero-order chi connectivity index (χ0) is 16.8. The molecule has 1 unspecified atom stereocenters. The van der Waals surface area contributed by atoms with E-state index in [0.29, 0.717) is 17.9 Å². The summed E-state index contributed by atoms with van der Waals surface area (Å²) < 4.78 is 5.07. The quantitative estimate of drug-likeness (QED) is 0.836. The fraction of sp³-hybridized carbons (Fsp3) is 0.500. The fourth-order valence-electron chi connectivity index (χ4n) is 1.87. The van der Waals surface area contributed by atoms with Crippen molar-refractivity contribution >= 4 is 23.7 Å². The molecule has 0 aromatic heterocycles. The molecule has 6 heteroatoms. The molecule has 2 N–H and O–H groups in total. The van der Waals surface area contributed by atoms with Crippen molar-refractivity contribution < 1.29 is 19.4 Å². The van der Waals surface area contributed by atoms with Crippen LogP contribution >= 0.6 is 11.6 Å². The third kappa shape index (κ3) is 7.31. The smallest absolute Gasteiger partial charge is 0.408 e. The zero-order valence-electron chi connectivity index (χ0n) is 13.1. The van der Waals surface area contributed by atoms with Crippen LogP contribution in [0.25, 0.3) is 0 Å². The Kier molecular flexibility index (Phi) is 6.68. The minimum atomic E-state index is -1.07. The average molecular weight is 328 g/mol. The van der Waals surface area contributed by atoms with Gasteiger partial charge >= 0.3 is 12.1 Å². The van der Waals surface area contributed by atoms with Gasteiger partial charge in [0.05, 0.1) is 0 Å². The standard InChI is InChI=1S/C16H22ClNO4/c1-16(2,3)22-15(21)18-13(14(19)20)6-4-5-11-7-9-12(17)10-8-11/h7-10,13H,4-6H2,1-3H3,(H,18,21)(H,19,20). The highest BCUT2D eigenvalue weighted by Crippen LogP contribution is 2.13. The largest absolute Gasteiger partial charge is 0.480 e. The minimum absolute atomic E-state index is 0.331. The third-order valence-corrected chi connectivity index (χ3v) is 3.11. The number of carboxylic acid groups (broad SMARTS) is 1. The van der Waals surface area contributed by atoms with Gasteiger partial charge in [-0.25, -0.2) is 9.59 Å². The van der Waals surface area contributed by atoms with Crippen LogP contribution in [0.4, 0.5) is 4.79 Å². The summed E-state index contributed by atoms with van der Waals surface area (Å²) in [5.74, 6) is -1.07. The molecule has 1 atom stereocenters. The summed E-state index contributed by atoms with van der Waals surface area (Å²) in [6.07, 6.45) is 0.967. The van der Waals surface area contributed by atoms with E-state index in [-0.39, 0.29) is 0 Å². The third-order valence-electron chi connectivity index (χ3n) is 2.86. The first-order valence-corrected chi connectivity index (χ1v) is 7.52. The fourth-order valence-corrected chi connectivity index (χ4v) is 1.99. The maximum atomic E-state index is 11.6. The molecule has 0 aliphatic carbocycles. The van der Waals surface area contributed by atoms with E-state index in [2.05, 4.69) is 5.32 Å². The second-order valence-electron chi connectivity index (χ2n) is 6.06. The number of carbonyl (C=O) groups excluding carboxylic acids is 1. The number of benzene rings is 1. The Morgan fingerprint density at radius 3 is 2.36 bits per heavy atom. The number of nitrogens with one attached hydrogen (secondary N) is 1. The summed E-state index contributed by atoms with van der Waals surface area (Å²) in [4.78, 5) is 22.8. The van der Waals surface area contributed by atoms with Crippen molar-refractivity contribution in [1.82, 2.24) is 5.32 Å². The second-order valence-corrected chi connectivity index (χ2v) is 6.49. The molecule has 1 aromatic carbocycles. The lowest BCUT2D eigenvalue weighted by Crippen LogP contribution is -2.43. The van der Waals surface area contributed by atoms with Gasteiger partial charge in [-0.3, -0.25) is 0 Å². The predicted octanol–water partition coefficient (Wildman–Crippen LogP) is 3.64. The summed E-state index contributed by atoms with van der Waals surface area (Å²) in [5.41, 5.74) is 0.419. The van der Waals surface area contributed by atoms with Crippen molar-refractivity contribution in [2.24, 2.45) is 0 Å². The van der Waals surface area contributed by atoms with E-state index in [9.17, 15) is 9.59 Å². The molecule has 1 aromatic rings. The van der Waals surface area contributed by atoms with Gasteiger partial charge in [0, 0.05) is 5.02 Å². The Bertz CT molecular complexity index is 508. The normalized spacial score (nSPS) is 12.5. The SMILES string of the molecule is CC(C)(C)OC(=O)NC(CCCc1ccc(Cl)cc1)C(=O)O. The molecule has 1 rings (SSSR count). The molecule has 1 amide bonds. The number of halogens is 1. The second kappa shape index (κ2) is 8.03. The summed E-state index contributed by atoms with van der Waals surface area (Å²) >= 11 is 5.81. The minimum Gasteiger partial charge on any atom is -0.480 e. The lowest BCUT2D eigenvalue weighted by molar-refractivity contribution is -0.139. The van der Waals surface area contributed by atoms with Crippen LogP contribution < -0.4 is 5.32 Å². The number of ether oxygens (including phenoxy) is 1. The lowest BCUT2D eigenvalue weighted by Gasteiger charge is -2.22. The summed E-state index contributed by atoms with van der Waals surface area (Å²) in [7, 11) is 0. The van der Waals surface area contributed by atoms with Gasteiger partial charge in [-0.05, 0) is 57.7 Å². The molecular weight excluding hydrogens is 306 g/mol. The molecule has 0 radical (unpaired) electrons. The molecule has 5 nitrogen and oxygen atoms in total. The van der Waals surface area contributed by atoms with Gasteiger partial charge in [-0.2, -0.15) is 0 Å². The monoisotopic (exact) mass is 327 g/mol. The van der Waals surface area contributed by atoms with Gasteiger partial charge in [0.2, 0.25) is 0 Å². The van der Waals surface area contributed by atoms with Gasteiger partial charge < -0.3 is 15.2 Å². The molecule has 0 saturated heterocycles. The lowest BCUT2D eigenvalue weighted by atomic mass is 10.0. The Morgan fingerprint density at radius 2 is 1.86 bits per heavy atom. The Labute approximate surface area is 135 Å². The molecule has 122 valence electrons. The highest BCUT2D eigenvalue weighted by molar-refractivity contribution is 6.30. The summed E-state index contributed by atoms with van der Waals surface area (Å²) in [6, 6.07) is 6.44. The highest BCUT2D eigenvalue weighted by Gasteiger charge is 2.23. The van der Waals surface area contributed by atoms with Crippen LogP contribution in [-0.2, 0) is 16.0 Å². The molecule has 0 saturated carbocycles. The van der Waals surface area contributed by atoms with Crippen LogP contribution in [0, 0.1) is 0 Å². The first-order chi connectivity index (χ1) is 10.2. The van der Waals surface area contributed by atoms with Crippen molar-refractivity contribution in [3.63, 3.8) is 0 Å². The van der Waals surface area contributed by atoms with E-state index in [4.69, 9.17) is 21.4 Å². The van der Waals surface area contributed by atoms with E-state index in [0.717, 1.165) is 12.0 Å². The molecule has 0 bridgehead atoms. The van der Waals surface area contributed by atoms with E-state index in [1.54, 1.807) is 32.9 Å². The topological polar surface area (TPSA) is 75.6 Å². The maximum Gasteiger partial charge on any atom is 0.408 e. The number of hydrogen-bond acceptors (Lipinski definition) is 3. The van der Waals surface area contributed by atoms with Crippen molar-refractivity contribution in [2.45, 2.75) is 51.7 Å². The van der Waals surface area contributed by atoms with Gasteiger partial charge in [0.25, 0.3) is 0 Å². The highest BCUT2D eigenvalue weighted by atomic mass is 35.5. The number of carbonyl (C=O) groups is 2. The summed E-state index contributed by atoms with van der Waals surface area (Å²) in [6.45, 7) is 5.18. The van der Waals surface area contributed by atoms with Gasteiger partial charge in [-0.1, -0.05) is 23.7 Å². The number of aliphatic carboxylic acids is 1. The Morgan fingerprint density at radius 1 is 1.27 bits per heavy atom. The number of alkyl carbamates (subject to hydrolysis) is 1. The molecular formula is C16H22ClNO4. The van der Waals surface area contributed by atoms with Gasteiger partial charge in [0.15, 0.2) is 0 Å². The molecule has 0 spiro atoms. The number of rotatable bonds is 6. The van der Waals surface area contributed by atoms with Crippen LogP contribution in [-0.4, -0.2) is 28.8 Å². The zero-order valence-corrected chi connectivity index (χ0v) is 13.8. The number of hydrogen-bond donors (Lipinski definition) is 2. The average Bonchev–Trinajstić information content (AvgIpc) is 2.37. The van der Waals surface area contributed by atoms with Crippen molar-refractivity contribution in [2.75, 3.05) is 0 Å². The van der Waals surface area contributed by atoms with Crippen LogP contribution in [0.1, 0.15) is 39.2 Å². The molecule has 0 heterocycles. The first kappa shape index (κ1) is 18.3. The van der Waals surface area contributed by atoms with Crippen molar-refractivity contribution in [1.29, 1.82) is 0 Å². The number of carboxylic acids is 1. The maximum absolute atomic E-state index is 11.6. The van der Waals surface area contributed by atoms with Crippen LogP contribution in [0.5, 0.6) is 0 Å². The van der Waals surface area contributed by atoms with E-state index < -0.39 is 23.7 Å². The Balaban J connectivity index is 2.46. The molecule has 0 fully saturated rings. The Hall–Kier alpha value is -1.75. The van der Waals surface area contributed by atoms with Gasteiger partial charge in [-0.15, -0.1) is 0 Å². The molecule has 0 aliphatic rings. The van der Waals surface area contributed by atoms with Crippen LogP contribution in [0.15, 0.2) is 24.3 Å². The van der Waals surface area contributed by atoms with Crippen LogP contribution in [0.3, 0.4) is 0 Å². The van der Waals surface area contributed by atoms with E-state index in [1.807, 2.05) is 12.1 Å². The number of aryl methyl sites for hydroxylation is 1. The van der Waals surface area contributed by atoms with Crippen molar-refractivity contribution in [3.8, 4) is 0 Å². The van der Waals surface area contributed by atoms with Crippen molar-refractivity contribution in [3.05, 3.63) is 34.9 Å². The first-order valence-electron chi connectivity index (χ1n) is 7.14. The van der Waals surface area contributed by atoms with E-state index in [1.165, 1.54) is 0 Å². The van der Waals surface area contributed by atoms with E-state index >= 15 is 0 Å². The van der Waals surface area contributed by atoms with Gasteiger partial charge in [0.1, 0.15) is 11.6 Å². The predicted molar refractivity (Wildman–Crippen MR) is 85.2 cm³/mol. The molecule has 0 aliphatic heterocycles.